The maximum atomic E-state index is 12.7. The second-order valence-electron chi connectivity index (χ2n) is 5.42. The maximum absolute atomic E-state index is 12.7. The van der Waals surface area contributed by atoms with Gasteiger partial charge in [0.05, 0.1) is 39.6 Å². The van der Waals surface area contributed by atoms with Crippen molar-refractivity contribution < 1.29 is 33.0 Å². The molecule has 0 N–H and O–H groups in total. The quantitative estimate of drug-likeness (QED) is 0.383. The van der Waals surface area contributed by atoms with E-state index in [-0.39, 0.29) is 37.4 Å². The van der Waals surface area contributed by atoms with Gasteiger partial charge in [0.1, 0.15) is 37.4 Å². The number of hydrogen-bond donors (Lipinski definition) is 0. The molecule has 8 heteroatoms. The highest BCUT2D eigenvalue weighted by Crippen LogP contribution is 2.46. The first-order chi connectivity index (χ1) is 9.73. The second-order valence-corrected chi connectivity index (χ2v) is 8.31. The van der Waals surface area contributed by atoms with E-state index in [1.807, 2.05) is 0 Å². The molecule has 3 rings (SSSR count). The van der Waals surface area contributed by atoms with Crippen LogP contribution in [0.5, 0.6) is 0 Å². The van der Waals surface area contributed by atoms with Crippen molar-refractivity contribution in [2.45, 2.75) is 18.3 Å². The molecule has 0 spiro atoms. The Morgan fingerprint density at radius 1 is 0.750 bits per heavy atom. The summed E-state index contributed by atoms with van der Waals surface area (Å²) in [6.07, 6.45) is 1.03. The molecule has 116 valence electrons. The van der Waals surface area contributed by atoms with Crippen LogP contribution in [0.1, 0.15) is 0 Å². The summed E-state index contributed by atoms with van der Waals surface area (Å²) in [6, 6.07) is 0. The standard InChI is InChI=1S/C12H21O7P/c13-20(7-14-1-10-4-17-10,8-15-2-11-5-18-11)9-16-3-12-6-19-12/h10-12H,1-9H2. The van der Waals surface area contributed by atoms with Gasteiger partial charge in [-0.1, -0.05) is 0 Å². The van der Waals surface area contributed by atoms with E-state index in [1.54, 1.807) is 0 Å². The van der Waals surface area contributed by atoms with Crippen molar-refractivity contribution in [3.63, 3.8) is 0 Å². The minimum atomic E-state index is -2.64. The van der Waals surface area contributed by atoms with Crippen LogP contribution >= 0.6 is 7.14 Å². The molecule has 0 bridgehead atoms. The zero-order chi connectivity index (χ0) is 13.8. The van der Waals surface area contributed by atoms with E-state index in [1.165, 1.54) is 0 Å². The minimum absolute atomic E-state index is 0.171. The Morgan fingerprint density at radius 3 is 1.30 bits per heavy atom. The van der Waals surface area contributed by atoms with Gasteiger partial charge in [0.15, 0.2) is 7.14 Å². The molecule has 3 aliphatic rings. The minimum Gasteiger partial charge on any atom is -0.371 e. The van der Waals surface area contributed by atoms with Gasteiger partial charge in [-0.25, -0.2) is 0 Å². The fourth-order valence-electron chi connectivity index (χ4n) is 1.66. The third-order valence-corrected chi connectivity index (χ3v) is 5.06. The molecule has 0 aromatic rings. The zero-order valence-electron chi connectivity index (χ0n) is 11.4. The number of rotatable bonds is 12. The summed E-state index contributed by atoms with van der Waals surface area (Å²) in [6.45, 7) is 3.66. The SMILES string of the molecule is O=P(COCC1CO1)(COCC1CO1)COCC1CO1. The van der Waals surface area contributed by atoms with Gasteiger partial charge in [0.2, 0.25) is 0 Å². The smallest absolute Gasteiger partial charge is 0.160 e. The summed E-state index contributed by atoms with van der Waals surface area (Å²) in [5.74, 6) is 0. The van der Waals surface area contributed by atoms with Gasteiger partial charge in [0.25, 0.3) is 0 Å². The molecule has 3 fully saturated rings. The lowest BCUT2D eigenvalue weighted by molar-refractivity contribution is 0.117. The van der Waals surface area contributed by atoms with Crippen LogP contribution in [0.15, 0.2) is 0 Å². The predicted octanol–water partition coefficient (Wildman–Crippen LogP) is 0.468. The molecule has 0 aromatic heterocycles. The molecular formula is C12H21O7P. The van der Waals surface area contributed by atoms with Gasteiger partial charge in [-0.3, -0.25) is 0 Å². The van der Waals surface area contributed by atoms with Crippen LogP contribution in [-0.4, -0.2) is 77.0 Å². The van der Waals surface area contributed by atoms with Crippen molar-refractivity contribution >= 4 is 7.14 Å². The third kappa shape index (κ3) is 5.77. The van der Waals surface area contributed by atoms with Gasteiger partial charge >= 0.3 is 0 Å². The Morgan fingerprint density at radius 2 is 1.05 bits per heavy atom. The highest BCUT2D eigenvalue weighted by Gasteiger charge is 2.30. The highest BCUT2D eigenvalue weighted by molar-refractivity contribution is 7.63. The third-order valence-electron chi connectivity index (χ3n) is 3.10. The van der Waals surface area contributed by atoms with Crippen LogP contribution in [-0.2, 0) is 33.0 Å². The van der Waals surface area contributed by atoms with Crippen molar-refractivity contribution in [2.24, 2.45) is 0 Å². The molecular weight excluding hydrogens is 287 g/mol. The first-order valence-corrected chi connectivity index (χ1v) is 9.15. The molecule has 0 radical (unpaired) electrons. The predicted molar refractivity (Wildman–Crippen MR) is 69.3 cm³/mol. The molecule has 0 aromatic carbocycles. The number of epoxide rings is 3. The van der Waals surface area contributed by atoms with Gasteiger partial charge in [-0.05, 0) is 0 Å². The Bertz CT molecular complexity index is 299. The van der Waals surface area contributed by atoms with Crippen LogP contribution in [0.25, 0.3) is 0 Å². The summed E-state index contributed by atoms with van der Waals surface area (Å²) in [4.78, 5) is 0. The van der Waals surface area contributed by atoms with Gasteiger partial charge in [-0.15, -0.1) is 0 Å². The van der Waals surface area contributed by atoms with Crippen LogP contribution in [0.4, 0.5) is 0 Å². The first kappa shape index (κ1) is 14.9. The highest BCUT2D eigenvalue weighted by atomic mass is 31.2. The normalized spacial score (nSPS) is 33.7. The molecule has 3 aliphatic heterocycles. The fraction of sp³-hybridized carbons (Fsp3) is 1.00. The first-order valence-electron chi connectivity index (χ1n) is 6.89. The van der Waals surface area contributed by atoms with Gasteiger partial charge in [0, 0.05) is 0 Å². The molecule has 0 aliphatic carbocycles. The second kappa shape index (κ2) is 6.83. The average Bonchev–Trinajstić information content (AvgIpc) is 3.24. The zero-order valence-corrected chi connectivity index (χ0v) is 12.3. The van der Waals surface area contributed by atoms with E-state index in [2.05, 4.69) is 0 Å². The van der Waals surface area contributed by atoms with Crippen molar-refractivity contribution in [1.29, 1.82) is 0 Å². The monoisotopic (exact) mass is 308 g/mol. The van der Waals surface area contributed by atoms with Crippen molar-refractivity contribution in [3.05, 3.63) is 0 Å². The Hall–Kier alpha value is -0.0100. The Balaban J connectivity index is 1.36. The molecule has 0 amide bonds. The molecule has 20 heavy (non-hydrogen) atoms. The van der Waals surface area contributed by atoms with Crippen LogP contribution < -0.4 is 0 Å². The lowest BCUT2D eigenvalue weighted by atomic mass is 10.5. The molecule has 3 unspecified atom stereocenters. The average molecular weight is 308 g/mol. The van der Waals surface area contributed by atoms with E-state index in [0.717, 1.165) is 19.8 Å². The summed E-state index contributed by atoms with van der Waals surface area (Å²) >= 11 is 0. The number of hydrogen-bond acceptors (Lipinski definition) is 7. The summed E-state index contributed by atoms with van der Waals surface area (Å²) in [7, 11) is -2.64. The Labute approximate surface area is 118 Å². The topological polar surface area (TPSA) is 82.4 Å². The van der Waals surface area contributed by atoms with Gasteiger partial charge in [-0.2, -0.15) is 0 Å². The summed E-state index contributed by atoms with van der Waals surface area (Å²) in [5, 5.41) is 0. The molecule has 3 heterocycles. The van der Waals surface area contributed by atoms with E-state index >= 15 is 0 Å². The van der Waals surface area contributed by atoms with Crippen LogP contribution in [0.2, 0.25) is 0 Å². The lowest BCUT2D eigenvalue weighted by Gasteiger charge is -2.18. The number of ether oxygens (including phenoxy) is 6. The molecule has 3 atom stereocenters. The maximum Gasteiger partial charge on any atom is 0.160 e. The van der Waals surface area contributed by atoms with Crippen molar-refractivity contribution in [3.8, 4) is 0 Å². The van der Waals surface area contributed by atoms with Crippen molar-refractivity contribution in [1.82, 2.24) is 0 Å². The van der Waals surface area contributed by atoms with Crippen molar-refractivity contribution in [2.75, 3.05) is 58.7 Å². The van der Waals surface area contributed by atoms with E-state index in [4.69, 9.17) is 28.4 Å². The molecule has 3 saturated heterocycles. The van der Waals surface area contributed by atoms with E-state index < -0.39 is 7.14 Å². The fourth-order valence-corrected chi connectivity index (χ4v) is 3.19. The van der Waals surface area contributed by atoms with Gasteiger partial charge < -0.3 is 33.0 Å². The van der Waals surface area contributed by atoms with E-state index in [9.17, 15) is 4.57 Å². The lowest BCUT2D eigenvalue weighted by Crippen LogP contribution is -2.13. The summed E-state index contributed by atoms with van der Waals surface area (Å²) in [5.41, 5.74) is 0. The van der Waals surface area contributed by atoms with Crippen LogP contribution in [0, 0.1) is 0 Å². The van der Waals surface area contributed by atoms with Crippen LogP contribution in [0.3, 0.4) is 0 Å². The Kier molecular flexibility index (Phi) is 5.09. The largest absolute Gasteiger partial charge is 0.371 e. The summed E-state index contributed by atoms with van der Waals surface area (Å²) < 4.78 is 44.3. The molecule has 7 nitrogen and oxygen atoms in total. The molecule has 0 saturated carbocycles. The van der Waals surface area contributed by atoms with E-state index in [0.29, 0.717) is 19.8 Å².